The lowest BCUT2D eigenvalue weighted by atomic mass is 10.2. The summed E-state index contributed by atoms with van der Waals surface area (Å²) in [5.41, 5.74) is 1.90. The lowest BCUT2D eigenvalue weighted by Gasteiger charge is -2.17. The number of nitrogens with zero attached hydrogens (tertiary/aromatic N) is 1. The zero-order valence-electron chi connectivity index (χ0n) is 10.0. The van der Waals surface area contributed by atoms with Gasteiger partial charge in [0, 0.05) is 25.7 Å². The first-order valence-corrected chi connectivity index (χ1v) is 5.89. The van der Waals surface area contributed by atoms with E-state index >= 15 is 0 Å². The molecule has 16 heavy (non-hydrogen) atoms. The van der Waals surface area contributed by atoms with E-state index in [9.17, 15) is 0 Å². The van der Waals surface area contributed by atoms with E-state index in [1.54, 1.807) is 14.2 Å². The minimum absolute atomic E-state index is 0.451. The highest BCUT2D eigenvalue weighted by Crippen LogP contribution is 2.28. The van der Waals surface area contributed by atoms with Crippen LogP contribution >= 0.6 is 15.9 Å². The predicted octanol–water partition coefficient (Wildman–Crippen LogP) is 2.74. The minimum atomic E-state index is -0.451. The second-order valence-electron chi connectivity index (χ2n) is 3.27. The number of rotatable bonds is 5. The largest absolute Gasteiger partial charge is 0.373 e. The summed E-state index contributed by atoms with van der Waals surface area (Å²) in [5.74, 6) is 0.861. The molecule has 0 aliphatic heterocycles. The van der Waals surface area contributed by atoms with Crippen LogP contribution in [0.25, 0.3) is 0 Å². The zero-order valence-corrected chi connectivity index (χ0v) is 11.6. The van der Waals surface area contributed by atoms with Gasteiger partial charge in [0.25, 0.3) is 0 Å². The maximum Gasteiger partial charge on any atom is 0.201 e. The third kappa shape index (κ3) is 2.72. The molecule has 1 aromatic heterocycles. The maximum atomic E-state index is 5.20. The van der Waals surface area contributed by atoms with Crippen LogP contribution in [0.4, 0.5) is 5.82 Å². The first kappa shape index (κ1) is 13.4. The third-order valence-corrected chi connectivity index (χ3v) is 2.99. The van der Waals surface area contributed by atoms with Crippen LogP contribution in [-0.4, -0.2) is 26.3 Å². The molecule has 90 valence electrons. The molecule has 0 aromatic carbocycles. The lowest BCUT2D eigenvalue weighted by Crippen LogP contribution is -2.10. The molecule has 0 amide bonds. The summed E-state index contributed by atoms with van der Waals surface area (Å²) in [6.45, 7) is 2.09. The quantitative estimate of drug-likeness (QED) is 0.846. The fraction of sp³-hybridized carbons (Fsp3) is 0.545. The summed E-state index contributed by atoms with van der Waals surface area (Å²) < 4.78 is 11.3. The number of pyridine rings is 1. The highest BCUT2D eigenvalue weighted by atomic mass is 79.9. The number of halogens is 1. The Hall–Kier alpha value is -0.650. The van der Waals surface area contributed by atoms with Crippen molar-refractivity contribution in [3.63, 3.8) is 0 Å². The van der Waals surface area contributed by atoms with Crippen molar-refractivity contribution >= 4 is 21.7 Å². The first-order valence-electron chi connectivity index (χ1n) is 5.10. The van der Waals surface area contributed by atoms with Gasteiger partial charge in [0.2, 0.25) is 6.29 Å². The molecular weight excluding hydrogens is 272 g/mol. The molecule has 0 atom stereocenters. The van der Waals surface area contributed by atoms with E-state index in [2.05, 4.69) is 33.2 Å². The number of aromatic nitrogens is 1. The van der Waals surface area contributed by atoms with E-state index in [1.165, 1.54) is 0 Å². The topological polar surface area (TPSA) is 43.4 Å². The van der Waals surface area contributed by atoms with Crippen LogP contribution in [0.2, 0.25) is 0 Å². The van der Waals surface area contributed by atoms with Crippen LogP contribution in [0.1, 0.15) is 24.5 Å². The monoisotopic (exact) mass is 288 g/mol. The van der Waals surface area contributed by atoms with Gasteiger partial charge in [0.15, 0.2) is 0 Å². The molecule has 0 aliphatic carbocycles. The SMILES string of the molecule is CCc1cc(Br)c(C(OC)OC)nc1NC. The average molecular weight is 289 g/mol. The molecule has 0 saturated carbocycles. The van der Waals surface area contributed by atoms with Crippen molar-refractivity contribution < 1.29 is 9.47 Å². The van der Waals surface area contributed by atoms with Gasteiger partial charge in [-0.3, -0.25) is 0 Å². The first-order chi connectivity index (χ1) is 7.67. The maximum absolute atomic E-state index is 5.20. The summed E-state index contributed by atoms with van der Waals surface area (Å²) in [5, 5.41) is 3.07. The Morgan fingerprint density at radius 3 is 2.50 bits per heavy atom. The number of methoxy groups -OCH3 is 2. The Kier molecular flexibility index (Phi) is 5.18. The second kappa shape index (κ2) is 6.18. The van der Waals surface area contributed by atoms with Gasteiger partial charge in [-0.15, -0.1) is 0 Å². The molecule has 0 unspecified atom stereocenters. The highest BCUT2D eigenvalue weighted by Gasteiger charge is 2.17. The van der Waals surface area contributed by atoms with E-state index in [0.29, 0.717) is 0 Å². The Morgan fingerprint density at radius 1 is 1.44 bits per heavy atom. The summed E-state index contributed by atoms with van der Waals surface area (Å²) in [6, 6.07) is 2.04. The molecular formula is C11H17BrN2O2. The molecule has 0 bridgehead atoms. The van der Waals surface area contributed by atoms with Gasteiger partial charge in [0.1, 0.15) is 11.5 Å². The molecule has 0 saturated heterocycles. The molecule has 4 nitrogen and oxygen atoms in total. The van der Waals surface area contributed by atoms with E-state index in [0.717, 1.165) is 28.0 Å². The Labute approximate surface area is 104 Å². The van der Waals surface area contributed by atoms with Gasteiger partial charge < -0.3 is 14.8 Å². The fourth-order valence-electron chi connectivity index (χ4n) is 1.51. The van der Waals surface area contributed by atoms with Crippen LogP contribution in [0.3, 0.4) is 0 Å². The Balaban J connectivity index is 3.19. The fourth-order valence-corrected chi connectivity index (χ4v) is 2.06. The van der Waals surface area contributed by atoms with Crippen molar-refractivity contribution in [1.29, 1.82) is 0 Å². The van der Waals surface area contributed by atoms with E-state index in [-0.39, 0.29) is 0 Å². The molecule has 0 fully saturated rings. The van der Waals surface area contributed by atoms with Crippen molar-refractivity contribution in [3.8, 4) is 0 Å². The van der Waals surface area contributed by atoms with Crippen molar-refractivity contribution in [2.24, 2.45) is 0 Å². The average Bonchev–Trinajstić information content (AvgIpc) is 2.32. The molecule has 1 N–H and O–H groups in total. The van der Waals surface area contributed by atoms with Gasteiger partial charge in [-0.1, -0.05) is 6.92 Å². The number of hydrogen-bond donors (Lipinski definition) is 1. The van der Waals surface area contributed by atoms with Crippen LogP contribution in [-0.2, 0) is 15.9 Å². The molecule has 1 aromatic rings. The van der Waals surface area contributed by atoms with Crippen LogP contribution in [0.15, 0.2) is 10.5 Å². The number of anilines is 1. The molecule has 0 spiro atoms. The number of ether oxygens (including phenoxy) is 2. The smallest absolute Gasteiger partial charge is 0.201 e. The van der Waals surface area contributed by atoms with Gasteiger partial charge >= 0.3 is 0 Å². The van der Waals surface area contributed by atoms with E-state index < -0.39 is 6.29 Å². The zero-order chi connectivity index (χ0) is 12.1. The Bertz CT molecular complexity index is 354. The van der Waals surface area contributed by atoms with Crippen LogP contribution in [0.5, 0.6) is 0 Å². The van der Waals surface area contributed by atoms with Crippen molar-refractivity contribution in [2.45, 2.75) is 19.6 Å². The molecule has 5 heteroatoms. The van der Waals surface area contributed by atoms with E-state index in [1.807, 2.05) is 13.1 Å². The Morgan fingerprint density at radius 2 is 2.06 bits per heavy atom. The molecule has 1 heterocycles. The lowest BCUT2D eigenvalue weighted by molar-refractivity contribution is -0.109. The van der Waals surface area contributed by atoms with Gasteiger partial charge in [0.05, 0.1) is 0 Å². The number of aryl methyl sites for hydroxylation is 1. The van der Waals surface area contributed by atoms with Gasteiger partial charge in [-0.25, -0.2) is 4.98 Å². The van der Waals surface area contributed by atoms with Crippen LogP contribution in [0, 0.1) is 0 Å². The highest BCUT2D eigenvalue weighted by molar-refractivity contribution is 9.10. The number of hydrogen-bond acceptors (Lipinski definition) is 4. The summed E-state index contributed by atoms with van der Waals surface area (Å²) in [4.78, 5) is 4.50. The van der Waals surface area contributed by atoms with Gasteiger partial charge in [-0.2, -0.15) is 0 Å². The van der Waals surface area contributed by atoms with Crippen molar-refractivity contribution in [3.05, 3.63) is 21.8 Å². The van der Waals surface area contributed by atoms with Crippen molar-refractivity contribution in [1.82, 2.24) is 4.98 Å². The number of nitrogens with one attached hydrogen (secondary N) is 1. The second-order valence-corrected chi connectivity index (χ2v) is 4.12. The molecule has 1 rings (SSSR count). The third-order valence-electron chi connectivity index (χ3n) is 2.35. The van der Waals surface area contributed by atoms with Crippen molar-refractivity contribution in [2.75, 3.05) is 26.6 Å². The summed E-state index contributed by atoms with van der Waals surface area (Å²) in [6.07, 6.45) is 0.472. The predicted molar refractivity (Wildman–Crippen MR) is 67.6 cm³/mol. The normalized spacial score (nSPS) is 10.9. The molecule has 0 aliphatic rings. The summed E-state index contributed by atoms with van der Waals surface area (Å²) in [7, 11) is 5.04. The van der Waals surface area contributed by atoms with Gasteiger partial charge in [-0.05, 0) is 34.0 Å². The van der Waals surface area contributed by atoms with Crippen LogP contribution < -0.4 is 5.32 Å². The summed E-state index contributed by atoms with van der Waals surface area (Å²) >= 11 is 3.48. The van der Waals surface area contributed by atoms with E-state index in [4.69, 9.17) is 9.47 Å². The molecule has 0 radical (unpaired) electrons. The standard InChI is InChI=1S/C11H17BrN2O2/c1-5-7-6-8(12)9(11(15-3)16-4)14-10(7)13-2/h6,11H,5H2,1-4H3,(H,13,14). The minimum Gasteiger partial charge on any atom is -0.373 e.